The van der Waals surface area contributed by atoms with Crippen molar-refractivity contribution in [3.05, 3.63) is 29.8 Å². The third-order valence-electron chi connectivity index (χ3n) is 3.53. The van der Waals surface area contributed by atoms with Gasteiger partial charge in [-0.3, -0.25) is 9.59 Å². The summed E-state index contributed by atoms with van der Waals surface area (Å²) in [4.78, 5) is 36.9. The van der Waals surface area contributed by atoms with Crippen LogP contribution in [0.25, 0.3) is 0 Å². The van der Waals surface area contributed by atoms with Crippen molar-refractivity contribution < 1.29 is 23.9 Å². The average Bonchev–Trinajstić information content (AvgIpc) is 2.60. The SMILES string of the molecule is CN(C)c1ccc(CNC(=O)COC(=O)CCCNC(=O)OC(C)(C)C)cc1. The topological polar surface area (TPSA) is 97.0 Å². The second-order valence-corrected chi connectivity index (χ2v) is 7.53. The summed E-state index contributed by atoms with van der Waals surface area (Å²) in [5.74, 6) is -0.853. The van der Waals surface area contributed by atoms with E-state index in [1.54, 1.807) is 20.8 Å². The molecule has 0 aliphatic rings. The van der Waals surface area contributed by atoms with Gasteiger partial charge in [-0.05, 0) is 44.9 Å². The van der Waals surface area contributed by atoms with Crippen molar-refractivity contribution in [3.8, 4) is 0 Å². The van der Waals surface area contributed by atoms with Crippen molar-refractivity contribution in [3.63, 3.8) is 0 Å². The Morgan fingerprint density at radius 1 is 1.04 bits per heavy atom. The summed E-state index contributed by atoms with van der Waals surface area (Å²) in [6, 6.07) is 7.79. The molecule has 0 unspecified atom stereocenters. The summed E-state index contributed by atoms with van der Waals surface area (Å²) in [6.45, 7) is 5.65. The van der Waals surface area contributed by atoms with E-state index < -0.39 is 17.7 Å². The number of benzene rings is 1. The molecule has 0 spiro atoms. The van der Waals surface area contributed by atoms with Gasteiger partial charge in [-0.25, -0.2) is 4.79 Å². The van der Waals surface area contributed by atoms with Gasteiger partial charge in [0.25, 0.3) is 5.91 Å². The van der Waals surface area contributed by atoms with Crippen molar-refractivity contribution in [2.75, 3.05) is 32.1 Å². The molecule has 0 aromatic heterocycles. The number of nitrogens with one attached hydrogen (secondary N) is 2. The van der Waals surface area contributed by atoms with E-state index in [-0.39, 0.29) is 18.9 Å². The molecule has 0 aliphatic heterocycles. The van der Waals surface area contributed by atoms with Gasteiger partial charge in [0, 0.05) is 39.3 Å². The van der Waals surface area contributed by atoms with Crippen LogP contribution in [-0.2, 0) is 25.6 Å². The molecular weight excluding hydrogens is 362 g/mol. The lowest BCUT2D eigenvalue weighted by Crippen LogP contribution is -2.33. The smallest absolute Gasteiger partial charge is 0.407 e. The second-order valence-electron chi connectivity index (χ2n) is 7.53. The molecule has 0 fully saturated rings. The fourth-order valence-corrected chi connectivity index (χ4v) is 2.12. The highest BCUT2D eigenvalue weighted by Crippen LogP contribution is 2.12. The van der Waals surface area contributed by atoms with Crippen LogP contribution in [0.4, 0.5) is 10.5 Å². The van der Waals surface area contributed by atoms with Crippen molar-refractivity contribution in [2.24, 2.45) is 0 Å². The van der Waals surface area contributed by atoms with Crippen LogP contribution < -0.4 is 15.5 Å². The van der Waals surface area contributed by atoms with E-state index in [9.17, 15) is 14.4 Å². The number of carbonyl (C=O) groups excluding carboxylic acids is 3. The molecular formula is C20H31N3O5. The predicted octanol–water partition coefficient (Wildman–Crippen LogP) is 2.22. The van der Waals surface area contributed by atoms with Crippen LogP contribution in [0, 0.1) is 0 Å². The Morgan fingerprint density at radius 3 is 2.25 bits per heavy atom. The molecule has 1 aromatic rings. The molecule has 8 nitrogen and oxygen atoms in total. The van der Waals surface area contributed by atoms with E-state index in [0.29, 0.717) is 19.5 Å². The molecule has 0 aliphatic carbocycles. The highest BCUT2D eigenvalue weighted by Gasteiger charge is 2.15. The number of nitrogens with zero attached hydrogens (tertiary/aromatic N) is 1. The van der Waals surface area contributed by atoms with Crippen LogP contribution in [0.2, 0.25) is 0 Å². The number of carbonyl (C=O) groups is 3. The summed E-state index contributed by atoms with van der Waals surface area (Å²) < 4.78 is 10.0. The molecule has 2 amide bonds. The van der Waals surface area contributed by atoms with Gasteiger partial charge in [0.2, 0.25) is 0 Å². The first-order valence-electron chi connectivity index (χ1n) is 9.22. The number of esters is 1. The van der Waals surface area contributed by atoms with Crippen LogP contribution in [0.5, 0.6) is 0 Å². The normalized spacial score (nSPS) is 10.8. The lowest BCUT2D eigenvalue weighted by atomic mass is 10.2. The van der Waals surface area contributed by atoms with E-state index in [4.69, 9.17) is 9.47 Å². The van der Waals surface area contributed by atoms with E-state index in [1.807, 2.05) is 43.3 Å². The molecule has 0 atom stereocenters. The number of ether oxygens (including phenoxy) is 2. The molecule has 0 saturated heterocycles. The molecule has 156 valence electrons. The van der Waals surface area contributed by atoms with E-state index in [2.05, 4.69) is 10.6 Å². The van der Waals surface area contributed by atoms with Crippen LogP contribution in [-0.4, -0.2) is 50.8 Å². The number of alkyl carbamates (subject to hydrolysis) is 1. The minimum atomic E-state index is -0.565. The third kappa shape index (κ3) is 10.4. The zero-order valence-corrected chi connectivity index (χ0v) is 17.3. The van der Waals surface area contributed by atoms with Crippen molar-refractivity contribution in [1.82, 2.24) is 10.6 Å². The van der Waals surface area contributed by atoms with Crippen LogP contribution in [0.1, 0.15) is 39.2 Å². The summed E-state index contributed by atoms with van der Waals surface area (Å²) in [6.07, 6.45) is -0.0219. The molecule has 1 rings (SSSR count). The van der Waals surface area contributed by atoms with Gasteiger partial charge in [0.05, 0.1) is 0 Å². The summed E-state index contributed by atoms with van der Waals surface area (Å²) in [5, 5.41) is 5.26. The molecule has 8 heteroatoms. The number of hydrogen-bond donors (Lipinski definition) is 2. The van der Waals surface area contributed by atoms with Crippen LogP contribution >= 0.6 is 0 Å². The lowest BCUT2D eigenvalue weighted by Gasteiger charge is -2.19. The summed E-state index contributed by atoms with van der Waals surface area (Å²) in [7, 11) is 3.91. The fourth-order valence-electron chi connectivity index (χ4n) is 2.12. The largest absolute Gasteiger partial charge is 0.456 e. The Bertz CT molecular complexity index is 651. The van der Waals surface area contributed by atoms with Crippen molar-refractivity contribution >= 4 is 23.7 Å². The van der Waals surface area contributed by atoms with Gasteiger partial charge in [-0.15, -0.1) is 0 Å². The summed E-state index contributed by atoms with van der Waals surface area (Å²) >= 11 is 0. The van der Waals surface area contributed by atoms with E-state index in [0.717, 1.165) is 11.3 Å². The number of rotatable bonds is 9. The maximum absolute atomic E-state index is 11.8. The van der Waals surface area contributed by atoms with Gasteiger partial charge in [0.1, 0.15) is 5.60 Å². The lowest BCUT2D eigenvalue weighted by molar-refractivity contribution is -0.148. The fraction of sp³-hybridized carbons (Fsp3) is 0.550. The second kappa shape index (κ2) is 11.2. The zero-order chi connectivity index (χ0) is 21.2. The molecule has 0 bridgehead atoms. The molecule has 1 aromatic carbocycles. The first kappa shape index (κ1) is 23.3. The standard InChI is InChI=1S/C20H31N3O5/c1-20(2,3)28-19(26)21-12-6-7-18(25)27-14-17(24)22-13-15-8-10-16(11-9-15)23(4)5/h8-11H,6-7,12-14H2,1-5H3,(H,21,26)(H,22,24). The Balaban J connectivity index is 2.15. The molecule has 0 radical (unpaired) electrons. The molecule has 28 heavy (non-hydrogen) atoms. The van der Waals surface area contributed by atoms with Gasteiger partial charge in [-0.1, -0.05) is 12.1 Å². The maximum atomic E-state index is 11.8. The Morgan fingerprint density at radius 2 is 1.68 bits per heavy atom. The van der Waals surface area contributed by atoms with E-state index in [1.165, 1.54) is 0 Å². The monoisotopic (exact) mass is 393 g/mol. The van der Waals surface area contributed by atoms with Gasteiger partial charge < -0.3 is 25.0 Å². The Hall–Kier alpha value is -2.77. The highest BCUT2D eigenvalue weighted by molar-refractivity contribution is 5.80. The van der Waals surface area contributed by atoms with E-state index >= 15 is 0 Å². The first-order valence-corrected chi connectivity index (χ1v) is 9.22. The third-order valence-corrected chi connectivity index (χ3v) is 3.53. The Labute approximate surface area is 166 Å². The number of amides is 2. The highest BCUT2D eigenvalue weighted by atomic mass is 16.6. The quantitative estimate of drug-likeness (QED) is 0.493. The zero-order valence-electron chi connectivity index (χ0n) is 17.3. The first-order chi connectivity index (χ1) is 13.1. The average molecular weight is 393 g/mol. The number of hydrogen-bond acceptors (Lipinski definition) is 6. The van der Waals surface area contributed by atoms with Gasteiger partial charge >= 0.3 is 12.1 Å². The van der Waals surface area contributed by atoms with Gasteiger partial charge in [0.15, 0.2) is 6.61 Å². The van der Waals surface area contributed by atoms with Gasteiger partial charge in [-0.2, -0.15) is 0 Å². The molecule has 0 heterocycles. The van der Waals surface area contributed by atoms with Crippen LogP contribution in [0.15, 0.2) is 24.3 Å². The number of anilines is 1. The predicted molar refractivity (Wildman–Crippen MR) is 107 cm³/mol. The maximum Gasteiger partial charge on any atom is 0.407 e. The molecule has 0 saturated carbocycles. The van der Waals surface area contributed by atoms with Crippen LogP contribution in [0.3, 0.4) is 0 Å². The van der Waals surface area contributed by atoms with Crippen molar-refractivity contribution in [2.45, 2.75) is 45.8 Å². The Kier molecular flexibility index (Phi) is 9.27. The van der Waals surface area contributed by atoms with Crippen molar-refractivity contribution in [1.29, 1.82) is 0 Å². The molecule has 2 N–H and O–H groups in total. The minimum Gasteiger partial charge on any atom is -0.456 e. The summed E-state index contributed by atoms with van der Waals surface area (Å²) in [5.41, 5.74) is 1.47. The minimum absolute atomic E-state index is 0.106.